The number of amides is 2. The van der Waals surface area contributed by atoms with Crippen molar-refractivity contribution in [1.29, 1.82) is 0 Å². The number of nitrogens with zero attached hydrogens (tertiary/aromatic N) is 2. The Balaban J connectivity index is 1.56. The van der Waals surface area contributed by atoms with Crippen LogP contribution in [0.1, 0.15) is 25.7 Å². The van der Waals surface area contributed by atoms with E-state index in [4.69, 9.17) is 0 Å². The molecular weight excluding hydrogens is 284 g/mol. The smallest absolute Gasteiger partial charge is 0.223 e. The summed E-state index contributed by atoms with van der Waals surface area (Å²) in [6, 6.07) is 0.519. The quantitative estimate of drug-likeness (QED) is 0.730. The molecule has 0 aromatic carbocycles. The SMILES string of the molecule is O=C1CC(Br)CN1CC1CC(=O)N(C2CC2)C1. The summed E-state index contributed by atoms with van der Waals surface area (Å²) in [5.41, 5.74) is 0. The van der Waals surface area contributed by atoms with E-state index in [1.165, 1.54) is 12.8 Å². The number of hydrogen-bond donors (Lipinski definition) is 0. The van der Waals surface area contributed by atoms with E-state index in [2.05, 4.69) is 15.9 Å². The van der Waals surface area contributed by atoms with Crippen LogP contribution in [0.15, 0.2) is 0 Å². The van der Waals surface area contributed by atoms with Gasteiger partial charge in [0.2, 0.25) is 11.8 Å². The summed E-state index contributed by atoms with van der Waals surface area (Å²) >= 11 is 3.49. The maximum absolute atomic E-state index is 11.8. The van der Waals surface area contributed by atoms with Gasteiger partial charge in [0.05, 0.1) is 0 Å². The third-order valence-electron chi connectivity index (χ3n) is 3.87. The van der Waals surface area contributed by atoms with Crippen LogP contribution >= 0.6 is 15.9 Å². The first-order valence-corrected chi connectivity index (χ1v) is 7.26. The largest absolute Gasteiger partial charge is 0.341 e. The minimum absolute atomic E-state index is 0.226. The minimum Gasteiger partial charge on any atom is -0.341 e. The fraction of sp³-hybridized carbons (Fsp3) is 0.833. The Morgan fingerprint density at radius 3 is 2.47 bits per heavy atom. The molecule has 0 aromatic heterocycles. The summed E-state index contributed by atoms with van der Waals surface area (Å²) in [6.45, 7) is 2.42. The second-order valence-electron chi connectivity index (χ2n) is 5.45. The Bertz CT molecular complexity index is 356. The molecule has 0 radical (unpaired) electrons. The van der Waals surface area contributed by atoms with Gasteiger partial charge in [0.25, 0.3) is 0 Å². The van der Waals surface area contributed by atoms with Gasteiger partial charge >= 0.3 is 0 Å². The highest BCUT2D eigenvalue weighted by Crippen LogP contribution is 2.33. The molecule has 5 heteroatoms. The maximum atomic E-state index is 11.8. The lowest BCUT2D eigenvalue weighted by Gasteiger charge is -2.20. The lowest BCUT2D eigenvalue weighted by Crippen LogP contribution is -2.33. The third-order valence-corrected chi connectivity index (χ3v) is 4.49. The maximum Gasteiger partial charge on any atom is 0.223 e. The van der Waals surface area contributed by atoms with E-state index in [9.17, 15) is 9.59 Å². The van der Waals surface area contributed by atoms with E-state index in [-0.39, 0.29) is 5.91 Å². The van der Waals surface area contributed by atoms with Crippen molar-refractivity contribution < 1.29 is 9.59 Å². The molecule has 0 bridgehead atoms. The van der Waals surface area contributed by atoms with E-state index in [1.807, 2.05) is 9.80 Å². The summed E-state index contributed by atoms with van der Waals surface area (Å²) in [5, 5.41) is 0. The standard InChI is InChI=1S/C12H17BrN2O2/c13-9-4-11(16)14(7-9)5-8-3-12(17)15(6-8)10-1-2-10/h8-10H,1-7H2. The highest BCUT2D eigenvalue weighted by molar-refractivity contribution is 9.09. The summed E-state index contributed by atoms with van der Waals surface area (Å²) in [5.74, 6) is 0.869. The Labute approximate surface area is 109 Å². The van der Waals surface area contributed by atoms with Crippen LogP contribution in [0.3, 0.4) is 0 Å². The van der Waals surface area contributed by atoms with Crippen LogP contribution in [0.25, 0.3) is 0 Å². The Kier molecular flexibility index (Phi) is 2.89. The van der Waals surface area contributed by atoms with Gasteiger partial charge in [-0.25, -0.2) is 0 Å². The van der Waals surface area contributed by atoms with Gasteiger partial charge in [-0.1, -0.05) is 15.9 Å². The number of hydrogen-bond acceptors (Lipinski definition) is 2. The molecule has 0 aromatic rings. The van der Waals surface area contributed by atoms with Gasteiger partial charge in [0, 0.05) is 49.3 Å². The van der Waals surface area contributed by atoms with Crippen molar-refractivity contribution in [1.82, 2.24) is 9.80 Å². The molecule has 3 aliphatic rings. The molecule has 0 N–H and O–H groups in total. The van der Waals surface area contributed by atoms with E-state index in [0.29, 0.717) is 35.5 Å². The molecule has 3 rings (SSSR count). The van der Waals surface area contributed by atoms with Crippen LogP contribution in [0.2, 0.25) is 0 Å². The molecule has 2 atom stereocenters. The molecule has 1 aliphatic carbocycles. The van der Waals surface area contributed by atoms with Crippen molar-refractivity contribution >= 4 is 27.7 Å². The van der Waals surface area contributed by atoms with Gasteiger partial charge in [-0.3, -0.25) is 9.59 Å². The lowest BCUT2D eigenvalue weighted by atomic mass is 10.1. The van der Waals surface area contributed by atoms with Gasteiger partial charge in [-0.05, 0) is 12.8 Å². The second-order valence-corrected chi connectivity index (χ2v) is 6.74. The van der Waals surface area contributed by atoms with E-state index in [0.717, 1.165) is 19.6 Å². The van der Waals surface area contributed by atoms with Gasteiger partial charge in [0.1, 0.15) is 0 Å². The van der Waals surface area contributed by atoms with Crippen LogP contribution < -0.4 is 0 Å². The van der Waals surface area contributed by atoms with Crippen LogP contribution in [0.5, 0.6) is 0 Å². The zero-order valence-corrected chi connectivity index (χ0v) is 11.4. The van der Waals surface area contributed by atoms with Crippen LogP contribution in [-0.2, 0) is 9.59 Å². The average Bonchev–Trinajstić information content (AvgIpc) is 2.96. The fourth-order valence-corrected chi connectivity index (χ4v) is 3.51. The average molecular weight is 301 g/mol. The first-order chi connectivity index (χ1) is 8.13. The van der Waals surface area contributed by atoms with Gasteiger partial charge in [0.15, 0.2) is 0 Å². The van der Waals surface area contributed by atoms with E-state index < -0.39 is 0 Å². The molecule has 2 amide bonds. The third kappa shape index (κ3) is 2.34. The number of halogens is 1. The van der Waals surface area contributed by atoms with Gasteiger partial charge in [-0.15, -0.1) is 0 Å². The number of carbonyl (C=O) groups excluding carboxylic acids is 2. The predicted molar refractivity (Wildman–Crippen MR) is 66.8 cm³/mol. The van der Waals surface area contributed by atoms with E-state index in [1.54, 1.807) is 0 Å². The summed E-state index contributed by atoms with van der Waals surface area (Å²) in [7, 11) is 0. The van der Waals surface area contributed by atoms with Gasteiger partial charge < -0.3 is 9.80 Å². The number of alkyl halides is 1. The monoisotopic (exact) mass is 300 g/mol. The second kappa shape index (κ2) is 4.26. The summed E-state index contributed by atoms with van der Waals surface area (Å²) in [4.78, 5) is 27.7. The molecule has 4 nitrogen and oxygen atoms in total. The van der Waals surface area contributed by atoms with Crippen molar-refractivity contribution in [2.24, 2.45) is 5.92 Å². The van der Waals surface area contributed by atoms with Crippen molar-refractivity contribution in [3.63, 3.8) is 0 Å². The summed E-state index contributed by atoms with van der Waals surface area (Å²) in [6.07, 6.45) is 3.58. The number of carbonyl (C=O) groups is 2. The molecule has 3 fully saturated rings. The molecule has 94 valence electrons. The molecule has 0 spiro atoms. The first kappa shape index (κ1) is 11.5. The van der Waals surface area contributed by atoms with Crippen LogP contribution in [-0.4, -0.2) is 52.1 Å². The predicted octanol–water partition coefficient (Wildman–Crippen LogP) is 0.993. The number of likely N-dealkylation sites (tertiary alicyclic amines) is 2. The molecular formula is C12H17BrN2O2. The van der Waals surface area contributed by atoms with Crippen LogP contribution in [0, 0.1) is 5.92 Å². The zero-order valence-electron chi connectivity index (χ0n) is 9.77. The topological polar surface area (TPSA) is 40.6 Å². The highest BCUT2D eigenvalue weighted by Gasteiger charge is 2.40. The molecule has 17 heavy (non-hydrogen) atoms. The Morgan fingerprint density at radius 2 is 1.88 bits per heavy atom. The lowest BCUT2D eigenvalue weighted by molar-refractivity contribution is -0.129. The van der Waals surface area contributed by atoms with Gasteiger partial charge in [-0.2, -0.15) is 0 Å². The number of rotatable bonds is 3. The Hall–Kier alpha value is -0.580. The summed E-state index contributed by atoms with van der Waals surface area (Å²) < 4.78 is 0. The molecule has 1 saturated carbocycles. The normalized spacial score (nSPS) is 33.9. The molecule has 2 unspecified atom stereocenters. The molecule has 2 saturated heterocycles. The Morgan fingerprint density at radius 1 is 1.12 bits per heavy atom. The minimum atomic E-state index is 0.226. The van der Waals surface area contributed by atoms with E-state index >= 15 is 0 Å². The molecule has 2 heterocycles. The fourth-order valence-electron chi connectivity index (χ4n) is 2.88. The molecule has 2 aliphatic heterocycles. The van der Waals surface area contributed by atoms with Crippen molar-refractivity contribution in [3.8, 4) is 0 Å². The van der Waals surface area contributed by atoms with Crippen molar-refractivity contribution in [2.75, 3.05) is 19.6 Å². The van der Waals surface area contributed by atoms with Crippen molar-refractivity contribution in [3.05, 3.63) is 0 Å². The highest BCUT2D eigenvalue weighted by atomic mass is 79.9. The van der Waals surface area contributed by atoms with Crippen molar-refractivity contribution in [2.45, 2.75) is 36.6 Å². The van der Waals surface area contributed by atoms with Crippen LogP contribution in [0.4, 0.5) is 0 Å². The zero-order chi connectivity index (χ0) is 12.0. The first-order valence-electron chi connectivity index (χ1n) is 6.35.